The van der Waals surface area contributed by atoms with Crippen molar-refractivity contribution in [3.05, 3.63) is 27.2 Å². The largest absolute Gasteiger partial charge is 0.419 e. The van der Waals surface area contributed by atoms with Gasteiger partial charge in [0.05, 0.1) is 5.56 Å². The molecule has 9 nitrogen and oxygen atoms in total. The smallest absolute Gasteiger partial charge is 0.320 e. The maximum Gasteiger partial charge on any atom is 0.419 e. The number of aryl methyl sites for hydroxylation is 1. The predicted molar refractivity (Wildman–Crippen MR) is 91.3 cm³/mol. The molecule has 1 fully saturated rings. The Balaban J connectivity index is 2.65. The number of aromatic nitrogens is 2. The highest BCUT2D eigenvalue weighted by Gasteiger charge is 2.43. The first-order valence-electron chi connectivity index (χ1n) is 8.34. The zero-order valence-electron chi connectivity index (χ0n) is 15.0. The average Bonchev–Trinajstić information content (AvgIpc) is 2.60. The third-order valence-corrected chi connectivity index (χ3v) is 4.47. The Hall–Kier alpha value is -2.63. The summed E-state index contributed by atoms with van der Waals surface area (Å²) in [7, 11) is 2.50. The summed E-state index contributed by atoms with van der Waals surface area (Å²) in [4.78, 5) is 25.0. The summed E-state index contributed by atoms with van der Waals surface area (Å²) in [5, 5.41) is 9.67. The molecule has 0 atom stereocenters. The van der Waals surface area contributed by atoms with Crippen LogP contribution in [0.15, 0.2) is 9.90 Å². The van der Waals surface area contributed by atoms with Crippen LogP contribution in [0.4, 0.5) is 13.2 Å². The van der Waals surface area contributed by atoms with E-state index in [1.807, 2.05) is 0 Å². The number of hydrogen-bond acceptors (Lipinski definition) is 6. The van der Waals surface area contributed by atoms with Crippen molar-refractivity contribution in [1.82, 2.24) is 20.1 Å². The fourth-order valence-corrected chi connectivity index (χ4v) is 3.24. The van der Waals surface area contributed by atoms with Gasteiger partial charge in [0.15, 0.2) is 5.69 Å². The van der Waals surface area contributed by atoms with E-state index in [0.29, 0.717) is 12.8 Å². The first-order chi connectivity index (χ1) is 12.6. The fourth-order valence-electron chi connectivity index (χ4n) is 3.24. The number of carbonyl (C=O) groups is 1. The molecule has 0 saturated heterocycles. The molecule has 27 heavy (non-hydrogen) atoms. The van der Waals surface area contributed by atoms with Crippen molar-refractivity contribution in [2.24, 2.45) is 23.8 Å². The van der Waals surface area contributed by atoms with Gasteiger partial charge in [-0.15, -0.1) is 5.10 Å². The molecule has 1 aliphatic carbocycles. The molecule has 1 aromatic heterocycles. The highest BCUT2D eigenvalue weighted by Crippen LogP contribution is 2.40. The second-order valence-electron chi connectivity index (χ2n) is 6.42. The number of hydrogen-bond donors (Lipinski definition) is 3. The van der Waals surface area contributed by atoms with E-state index in [-0.39, 0.29) is 5.96 Å². The Labute approximate surface area is 153 Å². The maximum absolute atomic E-state index is 13.9. The molecule has 1 aliphatic rings. The van der Waals surface area contributed by atoms with Crippen molar-refractivity contribution in [3.8, 4) is 0 Å². The van der Waals surface area contributed by atoms with Crippen molar-refractivity contribution in [2.45, 2.75) is 44.2 Å². The number of guanidine groups is 1. The third-order valence-electron chi connectivity index (χ3n) is 4.47. The monoisotopic (exact) mass is 389 g/mol. The van der Waals surface area contributed by atoms with Gasteiger partial charge >= 0.3 is 6.18 Å². The van der Waals surface area contributed by atoms with Gasteiger partial charge in [0.2, 0.25) is 5.96 Å². The molecule has 0 bridgehead atoms. The van der Waals surface area contributed by atoms with E-state index >= 15 is 0 Å². The molecular weight excluding hydrogens is 367 g/mol. The van der Waals surface area contributed by atoms with E-state index in [1.54, 1.807) is 0 Å². The number of carbonyl (C=O) groups excluding carboxylic acids is 1. The zero-order chi connectivity index (χ0) is 20.4. The molecule has 1 aromatic rings. The molecule has 2 rings (SSSR count). The lowest BCUT2D eigenvalue weighted by Crippen LogP contribution is -2.47. The Morgan fingerprint density at radius 2 is 1.93 bits per heavy atom. The van der Waals surface area contributed by atoms with Gasteiger partial charge < -0.3 is 5.84 Å². The maximum atomic E-state index is 13.9. The van der Waals surface area contributed by atoms with Crippen LogP contribution in [0, 0.1) is 0 Å². The number of nitrogens with zero attached hydrogens (tertiary/aromatic N) is 4. The minimum atomic E-state index is -4.94. The van der Waals surface area contributed by atoms with Gasteiger partial charge in [0.25, 0.3) is 11.5 Å². The van der Waals surface area contributed by atoms with Crippen molar-refractivity contribution < 1.29 is 18.0 Å². The van der Waals surface area contributed by atoms with Crippen LogP contribution < -0.4 is 22.6 Å². The van der Waals surface area contributed by atoms with Crippen LogP contribution in [0.25, 0.3) is 0 Å². The summed E-state index contributed by atoms with van der Waals surface area (Å²) in [6.07, 6.45) is -1.70. The van der Waals surface area contributed by atoms with Gasteiger partial charge in [-0.05, 0) is 18.8 Å². The summed E-state index contributed by atoms with van der Waals surface area (Å²) in [5.41, 5.74) is -3.51. The van der Waals surface area contributed by atoms with E-state index in [1.165, 1.54) is 14.1 Å². The Kier molecular flexibility index (Phi) is 6.08. The summed E-state index contributed by atoms with van der Waals surface area (Å²) < 4.78 is 42.3. The fraction of sp³-hybridized carbons (Fsp3) is 0.600. The van der Waals surface area contributed by atoms with Crippen LogP contribution in [0.3, 0.4) is 0 Å². The van der Waals surface area contributed by atoms with E-state index < -0.39 is 40.4 Å². The number of halogens is 3. The van der Waals surface area contributed by atoms with Crippen LogP contribution in [0.5, 0.6) is 0 Å². The molecule has 1 heterocycles. The molecule has 0 unspecified atom stereocenters. The van der Waals surface area contributed by atoms with Gasteiger partial charge in [0, 0.05) is 19.7 Å². The lowest BCUT2D eigenvalue weighted by atomic mass is 9.82. The number of nitrogens with one attached hydrogen (secondary N) is 1. The molecule has 5 N–H and O–H groups in total. The number of amides is 1. The number of alkyl halides is 3. The van der Waals surface area contributed by atoms with Crippen LogP contribution in [-0.2, 0) is 13.2 Å². The number of hydrazine groups is 1. The summed E-state index contributed by atoms with van der Waals surface area (Å²) in [6, 6.07) is 0. The van der Waals surface area contributed by atoms with Crippen molar-refractivity contribution in [3.63, 3.8) is 0 Å². The number of hydrazone groups is 1. The van der Waals surface area contributed by atoms with Crippen LogP contribution in [-0.4, -0.2) is 33.7 Å². The van der Waals surface area contributed by atoms with E-state index in [4.69, 9.17) is 11.7 Å². The molecule has 1 amide bonds. The summed E-state index contributed by atoms with van der Waals surface area (Å²) >= 11 is 0. The first-order valence-corrected chi connectivity index (χ1v) is 8.34. The standard InChI is InChI=1S/C15H22F3N7O2/c1-24(20)14(22-19)21-12(26)11-10(15(16,17)18)9(13(27)25(2)23-11)8-6-4-3-5-7-8/h8H,3-7,19-20H2,1-2H3,(H,21,22,26). The van der Waals surface area contributed by atoms with E-state index in [9.17, 15) is 22.8 Å². The SMILES string of the molecule is CN(N)/C(=N\N)NC(=O)c1nn(C)c(=O)c(C2CCCCC2)c1C(F)(F)F. The second kappa shape index (κ2) is 7.94. The predicted octanol–water partition coefficient (Wildman–Crippen LogP) is 0.612. The highest BCUT2D eigenvalue weighted by molar-refractivity contribution is 6.05. The Morgan fingerprint density at radius 3 is 2.41 bits per heavy atom. The molecule has 150 valence electrons. The highest BCUT2D eigenvalue weighted by atomic mass is 19.4. The summed E-state index contributed by atoms with van der Waals surface area (Å²) in [5.74, 6) is 8.34. The van der Waals surface area contributed by atoms with Crippen molar-refractivity contribution in [1.29, 1.82) is 0 Å². The van der Waals surface area contributed by atoms with Gasteiger partial charge in [-0.2, -0.15) is 18.3 Å². The molecular formula is C15H22F3N7O2. The molecule has 1 saturated carbocycles. The van der Waals surface area contributed by atoms with Gasteiger partial charge in [0.1, 0.15) is 0 Å². The van der Waals surface area contributed by atoms with E-state index in [0.717, 1.165) is 29.0 Å². The average molecular weight is 389 g/mol. The van der Waals surface area contributed by atoms with Gasteiger partial charge in [-0.1, -0.05) is 19.3 Å². The number of nitrogens with two attached hydrogens (primary N) is 2. The van der Waals surface area contributed by atoms with Crippen molar-refractivity contribution >= 4 is 11.9 Å². The normalized spacial score (nSPS) is 16.3. The molecule has 12 heteroatoms. The van der Waals surface area contributed by atoms with Crippen LogP contribution >= 0.6 is 0 Å². The molecule has 0 aliphatic heterocycles. The third kappa shape index (κ3) is 4.38. The molecule has 0 aromatic carbocycles. The minimum absolute atomic E-state index is 0.358. The van der Waals surface area contributed by atoms with Crippen molar-refractivity contribution in [2.75, 3.05) is 7.05 Å². The van der Waals surface area contributed by atoms with E-state index in [2.05, 4.69) is 15.5 Å². The van der Waals surface area contributed by atoms with Crippen LogP contribution in [0.2, 0.25) is 0 Å². The Morgan fingerprint density at radius 1 is 1.33 bits per heavy atom. The van der Waals surface area contributed by atoms with Gasteiger partial charge in [-0.3, -0.25) is 19.9 Å². The van der Waals surface area contributed by atoms with Gasteiger partial charge in [-0.25, -0.2) is 10.5 Å². The second-order valence-corrected chi connectivity index (χ2v) is 6.42. The minimum Gasteiger partial charge on any atom is -0.320 e. The zero-order valence-corrected chi connectivity index (χ0v) is 15.0. The lowest BCUT2D eigenvalue weighted by molar-refractivity contribution is -0.139. The molecule has 0 radical (unpaired) electrons. The first kappa shape index (κ1) is 20.7. The Bertz CT molecular complexity index is 796. The molecule has 0 spiro atoms. The topological polar surface area (TPSA) is 132 Å². The van der Waals surface area contributed by atoms with Crippen LogP contribution in [0.1, 0.15) is 59.6 Å². The lowest BCUT2D eigenvalue weighted by Gasteiger charge is -2.26. The quantitative estimate of drug-likeness (QED) is 0.294. The summed E-state index contributed by atoms with van der Waals surface area (Å²) in [6.45, 7) is 0. The number of rotatable bonds is 2.